The van der Waals surface area contributed by atoms with E-state index in [1.165, 1.54) is 18.1 Å². The Kier molecular flexibility index (Phi) is 5.66. The fourth-order valence-corrected chi connectivity index (χ4v) is 4.54. The first-order chi connectivity index (χ1) is 15.6. The lowest BCUT2D eigenvalue weighted by molar-refractivity contribution is -0.197. The van der Waals surface area contributed by atoms with E-state index in [0.717, 1.165) is 36.8 Å². The SMILES string of the molecule is CSc1cccnc1Nc1ncnc(Nc2ccc(C(C)N3CC4(COC4)C3)cn2)c1F. The molecule has 0 aliphatic carbocycles. The Balaban J connectivity index is 1.26. The van der Waals surface area contributed by atoms with Gasteiger partial charge in [-0.3, -0.25) is 4.90 Å². The Labute approximate surface area is 190 Å². The number of rotatable bonds is 7. The van der Waals surface area contributed by atoms with Crippen LogP contribution in [-0.4, -0.2) is 57.4 Å². The molecule has 0 aromatic carbocycles. The smallest absolute Gasteiger partial charge is 0.208 e. The first-order valence-corrected chi connectivity index (χ1v) is 11.6. The van der Waals surface area contributed by atoms with Crippen molar-refractivity contribution in [2.75, 3.05) is 43.2 Å². The molecule has 0 saturated carbocycles. The van der Waals surface area contributed by atoms with E-state index in [-0.39, 0.29) is 17.7 Å². The molecule has 5 rings (SSSR count). The summed E-state index contributed by atoms with van der Waals surface area (Å²) in [5.74, 6) is 0.555. The molecule has 2 N–H and O–H groups in total. The van der Waals surface area contributed by atoms with Crippen molar-refractivity contribution in [1.29, 1.82) is 0 Å². The third-order valence-corrected chi connectivity index (χ3v) is 6.74. The maximum Gasteiger partial charge on any atom is 0.208 e. The summed E-state index contributed by atoms with van der Waals surface area (Å²) < 4.78 is 20.4. The number of nitrogens with one attached hydrogen (secondary N) is 2. The van der Waals surface area contributed by atoms with E-state index in [1.54, 1.807) is 6.20 Å². The van der Waals surface area contributed by atoms with Gasteiger partial charge in [0.2, 0.25) is 5.82 Å². The standard InChI is InChI=1S/C22H24FN7OS/c1-14(30-9-22(10-30)11-31-12-22)15-5-6-17(25-8-15)28-20-18(23)21(27-13-26-20)29-19-16(32-2)4-3-7-24-19/h3-8,13-14H,9-12H2,1-2H3,(H2,24,25,26,27,28,29). The number of aromatic nitrogens is 4. The monoisotopic (exact) mass is 453 g/mol. The average Bonchev–Trinajstić information content (AvgIpc) is 2.75. The quantitative estimate of drug-likeness (QED) is 0.515. The van der Waals surface area contributed by atoms with Gasteiger partial charge in [-0.2, -0.15) is 4.39 Å². The minimum atomic E-state index is -0.599. The van der Waals surface area contributed by atoms with Crippen molar-refractivity contribution in [1.82, 2.24) is 24.8 Å². The Bertz CT molecular complexity index is 1100. The molecule has 0 radical (unpaired) electrons. The van der Waals surface area contributed by atoms with Gasteiger partial charge in [-0.1, -0.05) is 6.07 Å². The van der Waals surface area contributed by atoms with Crippen molar-refractivity contribution in [2.24, 2.45) is 5.41 Å². The van der Waals surface area contributed by atoms with Crippen LogP contribution in [0.5, 0.6) is 0 Å². The topological polar surface area (TPSA) is 88.1 Å². The van der Waals surface area contributed by atoms with Crippen LogP contribution >= 0.6 is 11.8 Å². The third-order valence-electron chi connectivity index (χ3n) is 5.97. The summed E-state index contributed by atoms with van der Waals surface area (Å²) in [6.45, 7) is 6.05. The van der Waals surface area contributed by atoms with Crippen LogP contribution in [-0.2, 0) is 4.74 Å². The number of hydrogen-bond acceptors (Lipinski definition) is 9. The Morgan fingerprint density at radius 1 is 1.06 bits per heavy atom. The minimum Gasteiger partial charge on any atom is -0.380 e. The van der Waals surface area contributed by atoms with Gasteiger partial charge in [-0.05, 0) is 36.9 Å². The van der Waals surface area contributed by atoms with Crippen LogP contribution in [0, 0.1) is 11.2 Å². The van der Waals surface area contributed by atoms with Crippen LogP contribution in [0.15, 0.2) is 47.9 Å². The van der Waals surface area contributed by atoms with E-state index in [1.807, 2.05) is 36.7 Å². The molecular formula is C22H24FN7OS. The lowest BCUT2D eigenvalue weighted by Crippen LogP contribution is -2.66. The highest BCUT2D eigenvalue weighted by atomic mass is 32.2. The molecule has 10 heteroatoms. The highest BCUT2D eigenvalue weighted by Crippen LogP contribution is 2.41. The van der Waals surface area contributed by atoms with Gasteiger partial charge in [0, 0.05) is 41.8 Å². The predicted octanol–water partition coefficient (Wildman–Crippen LogP) is 4.01. The number of nitrogens with zero attached hydrogens (tertiary/aromatic N) is 5. The molecule has 2 aliphatic heterocycles. The zero-order valence-electron chi connectivity index (χ0n) is 17.9. The van der Waals surface area contributed by atoms with E-state index in [0.29, 0.717) is 17.1 Å². The second kappa shape index (κ2) is 8.61. The van der Waals surface area contributed by atoms with Crippen molar-refractivity contribution in [3.05, 3.63) is 54.4 Å². The largest absolute Gasteiger partial charge is 0.380 e. The number of pyridine rings is 2. The molecule has 32 heavy (non-hydrogen) atoms. The summed E-state index contributed by atoms with van der Waals surface area (Å²) in [4.78, 5) is 20.1. The summed E-state index contributed by atoms with van der Waals surface area (Å²) in [6, 6.07) is 7.87. The summed E-state index contributed by atoms with van der Waals surface area (Å²) in [5, 5.41) is 5.90. The fourth-order valence-electron chi connectivity index (χ4n) is 4.03. The Morgan fingerprint density at radius 3 is 2.50 bits per heavy atom. The van der Waals surface area contributed by atoms with Crippen LogP contribution in [0.2, 0.25) is 0 Å². The number of thioether (sulfide) groups is 1. The van der Waals surface area contributed by atoms with E-state index in [4.69, 9.17) is 4.74 Å². The molecule has 0 bridgehead atoms. The Hall–Kier alpha value is -2.82. The van der Waals surface area contributed by atoms with Gasteiger partial charge in [0.25, 0.3) is 0 Å². The lowest BCUT2D eigenvalue weighted by Gasteiger charge is -2.57. The summed E-state index contributed by atoms with van der Waals surface area (Å²) >= 11 is 1.52. The number of halogens is 1. The van der Waals surface area contributed by atoms with Crippen molar-refractivity contribution >= 4 is 35.0 Å². The molecule has 2 saturated heterocycles. The molecule has 3 aromatic heterocycles. The van der Waals surface area contributed by atoms with Gasteiger partial charge in [-0.15, -0.1) is 11.8 Å². The molecule has 1 unspecified atom stereocenters. The lowest BCUT2D eigenvalue weighted by atomic mass is 9.77. The van der Waals surface area contributed by atoms with Crippen LogP contribution < -0.4 is 10.6 Å². The van der Waals surface area contributed by atoms with Crippen molar-refractivity contribution < 1.29 is 9.13 Å². The first-order valence-electron chi connectivity index (χ1n) is 10.4. The average molecular weight is 454 g/mol. The van der Waals surface area contributed by atoms with Crippen molar-refractivity contribution in [3.8, 4) is 0 Å². The number of hydrogen-bond donors (Lipinski definition) is 2. The number of ether oxygens (including phenoxy) is 1. The summed E-state index contributed by atoms with van der Waals surface area (Å²) in [7, 11) is 0. The van der Waals surface area contributed by atoms with E-state index in [9.17, 15) is 0 Å². The molecule has 5 heterocycles. The zero-order valence-corrected chi connectivity index (χ0v) is 18.7. The minimum absolute atomic E-state index is 0.0482. The zero-order chi connectivity index (χ0) is 22.1. The molecule has 0 amide bonds. The molecular weight excluding hydrogens is 429 g/mol. The normalized spacial score (nSPS) is 18.0. The van der Waals surface area contributed by atoms with Gasteiger partial charge < -0.3 is 15.4 Å². The third kappa shape index (κ3) is 4.01. The maximum atomic E-state index is 15.0. The van der Waals surface area contributed by atoms with Gasteiger partial charge in [-0.25, -0.2) is 19.9 Å². The van der Waals surface area contributed by atoms with Gasteiger partial charge in [0.1, 0.15) is 18.0 Å². The van der Waals surface area contributed by atoms with Gasteiger partial charge in [0.05, 0.1) is 13.2 Å². The molecule has 1 spiro atoms. The molecule has 166 valence electrons. The molecule has 2 fully saturated rings. The van der Waals surface area contributed by atoms with Gasteiger partial charge in [0.15, 0.2) is 11.6 Å². The van der Waals surface area contributed by atoms with E-state index >= 15 is 4.39 Å². The highest BCUT2D eigenvalue weighted by molar-refractivity contribution is 7.98. The predicted molar refractivity (Wildman–Crippen MR) is 122 cm³/mol. The van der Waals surface area contributed by atoms with E-state index in [2.05, 4.69) is 42.4 Å². The van der Waals surface area contributed by atoms with Crippen LogP contribution in [0.4, 0.5) is 27.7 Å². The van der Waals surface area contributed by atoms with Crippen LogP contribution in [0.25, 0.3) is 0 Å². The second-order valence-corrected chi connectivity index (χ2v) is 9.09. The van der Waals surface area contributed by atoms with Gasteiger partial charge >= 0.3 is 0 Å². The molecule has 3 aromatic rings. The van der Waals surface area contributed by atoms with Crippen LogP contribution in [0.1, 0.15) is 18.5 Å². The van der Waals surface area contributed by atoms with Crippen LogP contribution in [0.3, 0.4) is 0 Å². The maximum absolute atomic E-state index is 15.0. The highest BCUT2D eigenvalue weighted by Gasteiger charge is 2.50. The number of likely N-dealkylation sites (tertiary alicyclic amines) is 1. The van der Waals surface area contributed by atoms with Crippen molar-refractivity contribution in [3.63, 3.8) is 0 Å². The second-order valence-electron chi connectivity index (χ2n) is 8.24. The van der Waals surface area contributed by atoms with Crippen molar-refractivity contribution in [2.45, 2.75) is 17.9 Å². The Morgan fingerprint density at radius 2 is 1.84 bits per heavy atom. The van der Waals surface area contributed by atoms with E-state index < -0.39 is 5.82 Å². The molecule has 8 nitrogen and oxygen atoms in total. The first kappa shape index (κ1) is 21.0. The molecule has 1 atom stereocenters. The summed E-state index contributed by atoms with van der Waals surface area (Å²) in [5.41, 5.74) is 1.50. The number of anilines is 4. The summed E-state index contributed by atoms with van der Waals surface area (Å²) in [6.07, 6.45) is 6.71. The fraction of sp³-hybridized carbons (Fsp3) is 0.364. The molecule has 2 aliphatic rings.